The van der Waals surface area contributed by atoms with Crippen LogP contribution in [0.25, 0.3) is 0 Å². The standard InChI is InChI=1S/C24H25N3O5S/c1-24(2)20(27-22(30)15-5-3-4-6-16(15)23(27)33-24)21(29)25-10-9-19(28)26-14-7-8-17-18(13-14)32-12-11-31-17/h3-8,13,20,23H,9-12H2,1-2H3,(H,25,29)(H,26,28)/t20-,23-/m1/s1. The van der Waals surface area contributed by atoms with Gasteiger partial charge in [-0.15, -0.1) is 11.8 Å². The highest BCUT2D eigenvalue weighted by Gasteiger charge is 2.57. The average Bonchev–Trinajstić information content (AvgIpc) is 3.22. The van der Waals surface area contributed by atoms with Gasteiger partial charge in [0.1, 0.15) is 24.6 Å². The highest BCUT2D eigenvalue weighted by atomic mass is 32.2. The lowest BCUT2D eigenvalue weighted by molar-refractivity contribution is -0.126. The van der Waals surface area contributed by atoms with Crippen molar-refractivity contribution in [3.63, 3.8) is 0 Å². The van der Waals surface area contributed by atoms with E-state index in [4.69, 9.17) is 9.47 Å². The molecule has 5 rings (SSSR count). The second-order valence-electron chi connectivity index (χ2n) is 8.72. The summed E-state index contributed by atoms with van der Waals surface area (Å²) in [4.78, 5) is 40.2. The van der Waals surface area contributed by atoms with Crippen LogP contribution in [0.5, 0.6) is 11.5 Å². The lowest BCUT2D eigenvalue weighted by Gasteiger charge is -2.29. The number of hydrogen-bond donors (Lipinski definition) is 2. The van der Waals surface area contributed by atoms with Crippen LogP contribution < -0.4 is 20.1 Å². The zero-order chi connectivity index (χ0) is 23.2. The Morgan fingerprint density at radius 2 is 1.88 bits per heavy atom. The number of carbonyl (C=O) groups excluding carboxylic acids is 3. The van der Waals surface area contributed by atoms with Crippen LogP contribution >= 0.6 is 11.8 Å². The summed E-state index contributed by atoms with van der Waals surface area (Å²) >= 11 is 1.62. The molecule has 2 aromatic carbocycles. The van der Waals surface area contributed by atoms with Crippen molar-refractivity contribution in [3.8, 4) is 11.5 Å². The topological polar surface area (TPSA) is 97.0 Å². The molecule has 9 heteroatoms. The van der Waals surface area contributed by atoms with Crippen molar-refractivity contribution in [2.75, 3.05) is 25.1 Å². The Labute approximate surface area is 196 Å². The third-order valence-electron chi connectivity index (χ3n) is 6.02. The van der Waals surface area contributed by atoms with Crippen molar-refractivity contribution in [1.29, 1.82) is 0 Å². The van der Waals surface area contributed by atoms with Gasteiger partial charge in [0.2, 0.25) is 11.8 Å². The normalized spacial score (nSPS) is 21.9. The van der Waals surface area contributed by atoms with Gasteiger partial charge in [0, 0.05) is 35.0 Å². The van der Waals surface area contributed by atoms with Crippen LogP contribution in [0, 0.1) is 0 Å². The zero-order valence-corrected chi connectivity index (χ0v) is 19.2. The van der Waals surface area contributed by atoms with Crippen molar-refractivity contribution in [2.24, 2.45) is 0 Å². The Bertz CT molecular complexity index is 1130. The van der Waals surface area contributed by atoms with Crippen LogP contribution in [0.4, 0.5) is 5.69 Å². The molecule has 1 saturated heterocycles. The quantitative estimate of drug-likeness (QED) is 0.702. The van der Waals surface area contributed by atoms with E-state index in [1.54, 1.807) is 40.9 Å². The largest absolute Gasteiger partial charge is 0.486 e. The molecule has 0 aromatic heterocycles. The van der Waals surface area contributed by atoms with E-state index in [0.29, 0.717) is 36.0 Å². The Balaban J connectivity index is 1.19. The number of rotatable bonds is 5. The predicted octanol–water partition coefficient (Wildman–Crippen LogP) is 2.95. The molecule has 2 aromatic rings. The SMILES string of the molecule is CC1(C)S[C@@H]2c3ccccc3C(=O)N2[C@@H]1C(=O)NCCC(=O)Nc1ccc2c(c1)OCCO2. The van der Waals surface area contributed by atoms with Crippen LogP contribution in [0.1, 0.15) is 41.6 Å². The summed E-state index contributed by atoms with van der Waals surface area (Å²) in [6, 6.07) is 12.1. The highest BCUT2D eigenvalue weighted by Crippen LogP contribution is 2.56. The molecule has 0 saturated carbocycles. The van der Waals surface area contributed by atoms with Crippen LogP contribution in [0.3, 0.4) is 0 Å². The molecule has 8 nitrogen and oxygen atoms in total. The fraction of sp³-hybridized carbons (Fsp3) is 0.375. The number of thioether (sulfide) groups is 1. The number of amides is 3. The Hall–Kier alpha value is -3.20. The maximum Gasteiger partial charge on any atom is 0.256 e. The molecule has 3 aliphatic heterocycles. The van der Waals surface area contributed by atoms with Gasteiger partial charge in [-0.2, -0.15) is 0 Å². The van der Waals surface area contributed by atoms with E-state index in [1.165, 1.54) is 0 Å². The first-order valence-electron chi connectivity index (χ1n) is 10.9. The molecule has 0 unspecified atom stereocenters. The van der Waals surface area contributed by atoms with E-state index < -0.39 is 10.8 Å². The Morgan fingerprint density at radius 1 is 1.12 bits per heavy atom. The zero-order valence-electron chi connectivity index (χ0n) is 18.4. The summed E-state index contributed by atoms with van der Waals surface area (Å²) in [5.74, 6) is 0.655. The van der Waals surface area contributed by atoms with Crippen molar-refractivity contribution in [1.82, 2.24) is 10.2 Å². The Kier molecular flexibility index (Phi) is 5.44. The maximum absolute atomic E-state index is 13.1. The van der Waals surface area contributed by atoms with Crippen LogP contribution in [0.15, 0.2) is 42.5 Å². The predicted molar refractivity (Wildman–Crippen MR) is 124 cm³/mol. The van der Waals surface area contributed by atoms with E-state index in [9.17, 15) is 14.4 Å². The van der Waals surface area contributed by atoms with E-state index in [1.807, 2.05) is 32.0 Å². The molecule has 3 amide bonds. The van der Waals surface area contributed by atoms with E-state index in [2.05, 4.69) is 10.6 Å². The first-order chi connectivity index (χ1) is 15.8. The molecule has 1 fully saturated rings. The Morgan fingerprint density at radius 3 is 2.70 bits per heavy atom. The average molecular weight is 468 g/mol. The molecule has 172 valence electrons. The number of carbonyl (C=O) groups is 3. The second kappa shape index (κ2) is 8.30. The van der Waals surface area contributed by atoms with Gasteiger partial charge < -0.3 is 25.0 Å². The molecule has 2 atom stereocenters. The first-order valence-corrected chi connectivity index (χ1v) is 11.8. The monoisotopic (exact) mass is 467 g/mol. The van der Waals surface area contributed by atoms with E-state index in [-0.39, 0.29) is 36.1 Å². The molecule has 2 N–H and O–H groups in total. The number of anilines is 1. The molecule has 33 heavy (non-hydrogen) atoms. The third-order valence-corrected chi connectivity index (χ3v) is 7.56. The van der Waals surface area contributed by atoms with E-state index >= 15 is 0 Å². The van der Waals surface area contributed by atoms with Crippen molar-refractivity contribution >= 4 is 35.2 Å². The van der Waals surface area contributed by atoms with E-state index in [0.717, 1.165) is 5.56 Å². The first kappa shape index (κ1) is 21.6. The van der Waals surface area contributed by atoms with Crippen molar-refractivity contribution in [2.45, 2.75) is 36.4 Å². The molecule has 0 spiro atoms. The molecule has 0 radical (unpaired) electrons. The molecule has 3 aliphatic rings. The lowest BCUT2D eigenvalue weighted by Crippen LogP contribution is -2.52. The van der Waals surface area contributed by atoms with Gasteiger partial charge in [0.05, 0.1) is 0 Å². The molecule has 0 bridgehead atoms. The fourth-order valence-corrected chi connectivity index (χ4v) is 6.13. The lowest BCUT2D eigenvalue weighted by atomic mass is 10.0. The summed E-state index contributed by atoms with van der Waals surface area (Å²) < 4.78 is 10.6. The molecule has 0 aliphatic carbocycles. The summed E-state index contributed by atoms with van der Waals surface area (Å²) in [5, 5.41) is 5.50. The van der Waals surface area contributed by atoms with Crippen molar-refractivity contribution < 1.29 is 23.9 Å². The third kappa shape index (κ3) is 3.90. The number of benzene rings is 2. The number of ether oxygens (including phenoxy) is 2. The molecular formula is C24H25N3O5S. The van der Waals surface area contributed by atoms with Crippen molar-refractivity contribution in [3.05, 3.63) is 53.6 Å². The summed E-state index contributed by atoms with van der Waals surface area (Å²) in [6.07, 6.45) is 0.109. The van der Waals surface area contributed by atoms with Gasteiger partial charge in [0.15, 0.2) is 11.5 Å². The molecular weight excluding hydrogens is 442 g/mol. The van der Waals surface area contributed by atoms with Crippen LogP contribution in [0.2, 0.25) is 0 Å². The highest BCUT2D eigenvalue weighted by molar-refractivity contribution is 8.01. The van der Waals surface area contributed by atoms with Gasteiger partial charge in [-0.25, -0.2) is 0 Å². The smallest absolute Gasteiger partial charge is 0.256 e. The van der Waals surface area contributed by atoms with Crippen LogP contribution in [-0.2, 0) is 9.59 Å². The molecule has 3 heterocycles. The number of nitrogens with one attached hydrogen (secondary N) is 2. The number of fused-ring (bicyclic) bond motifs is 4. The number of nitrogens with zero attached hydrogens (tertiary/aromatic N) is 1. The second-order valence-corrected chi connectivity index (χ2v) is 10.5. The summed E-state index contributed by atoms with van der Waals surface area (Å²) in [6.45, 7) is 5.10. The van der Waals surface area contributed by atoms with Gasteiger partial charge in [-0.1, -0.05) is 18.2 Å². The number of hydrogen-bond acceptors (Lipinski definition) is 6. The van der Waals surface area contributed by atoms with Gasteiger partial charge in [0.25, 0.3) is 5.91 Å². The minimum absolute atomic E-state index is 0.109. The minimum Gasteiger partial charge on any atom is -0.486 e. The minimum atomic E-state index is -0.617. The van der Waals surface area contributed by atoms with Gasteiger partial charge >= 0.3 is 0 Å². The fourth-order valence-electron chi connectivity index (χ4n) is 4.55. The van der Waals surface area contributed by atoms with Gasteiger partial charge in [-0.3, -0.25) is 14.4 Å². The van der Waals surface area contributed by atoms with Gasteiger partial charge in [-0.05, 0) is 37.6 Å². The maximum atomic E-state index is 13.1. The van der Waals surface area contributed by atoms with Crippen LogP contribution in [-0.4, -0.2) is 53.2 Å². The summed E-state index contributed by atoms with van der Waals surface area (Å²) in [5.41, 5.74) is 2.21. The summed E-state index contributed by atoms with van der Waals surface area (Å²) in [7, 11) is 0.